The van der Waals surface area contributed by atoms with Gasteiger partial charge in [-0.2, -0.15) is 0 Å². The second-order valence-corrected chi connectivity index (χ2v) is 14.0. The molecule has 4 heterocycles. The number of para-hydroxylation sites is 2. The number of nitrogens with zero attached hydrogens (tertiary/aromatic N) is 5. The number of imidazole rings is 1. The van der Waals surface area contributed by atoms with Gasteiger partial charge in [0.15, 0.2) is 11.5 Å². The highest BCUT2D eigenvalue weighted by molar-refractivity contribution is 6.30. The average Bonchev–Trinajstić information content (AvgIpc) is 3.76. The molecular weight excluding hydrogens is 664 g/mol. The molecule has 1 N–H and O–H groups in total. The van der Waals surface area contributed by atoms with Gasteiger partial charge < -0.3 is 33.9 Å². The molecule has 266 valence electrons. The Hall–Kier alpha value is -4.80. The number of hydrogen-bond donors (Lipinski definition) is 1. The number of anilines is 1. The van der Waals surface area contributed by atoms with Gasteiger partial charge in [-0.25, -0.2) is 4.98 Å². The number of piperidine rings is 1. The van der Waals surface area contributed by atoms with Crippen LogP contribution in [0.2, 0.25) is 5.02 Å². The average molecular weight is 709 g/mol. The van der Waals surface area contributed by atoms with E-state index in [0.717, 1.165) is 68.8 Å². The van der Waals surface area contributed by atoms with E-state index in [1.165, 1.54) is 11.1 Å². The molecule has 1 amide bonds. The molecule has 10 nitrogen and oxygen atoms in total. The summed E-state index contributed by atoms with van der Waals surface area (Å²) in [6.45, 7) is 4.94. The maximum Gasteiger partial charge on any atom is 0.254 e. The zero-order valence-electron chi connectivity index (χ0n) is 29.5. The van der Waals surface area contributed by atoms with Crippen molar-refractivity contribution in [2.45, 2.75) is 43.7 Å². The first kappa shape index (κ1) is 34.6. The SMILES string of the molecule is COc1cc(C(=O)N2CCC(CCN3CCC(Nc4nc5ccccc5n4Cc4ccncc4)CC3)(c3ccc(Cl)cc3)C2)cc(OC)c1OC. The number of fused-ring (bicyclic) bond motifs is 1. The minimum atomic E-state index is -0.187. The summed E-state index contributed by atoms with van der Waals surface area (Å²) >= 11 is 6.33. The van der Waals surface area contributed by atoms with Crippen LogP contribution in [0.4, 0.5) is 5.95 Å². The van der Waals surface area contributed by atoms with Crippen LogP contribution >= 0.6 is 11.6 Å². The second kappa shape index (κ2) is 15.2. The number of aromatic nitrogens is 3. The number of benzene rings is 3. The lowest BCUT2D eigenvalue weighted by Gasteiger charge is -2.36. The highest BCUT2D eigenvalue weighted by atomic mass is 35.5. The predicted molar refractivity (Wildman–Crippen MR) is 201 cm³/mol. The molecule has 11 heteroatoms. The molecule has 51 heavy (non-hydrogen) atoms. The molecule has 0 radical (unpaired) electrons. The number of pyridine rings is 1. The standard InChI is InChI=1S/C40H45ClN6O4/c1-49-35-24-29(25-36(50-2)37(35)51-3)38(48)46-23-17-40(27-46,30-8-10-31(41)11-9-30)16-22-45-20-14-32(15-21-45)43-39-44-33-6-4-5-7-34(33)47(39)26-28-12-18-42-19-13-28/h4-13,18-19,24-25,32H,14-17,20-23,26-27H2,1-3H3,(H,43,44). The van der Waals surface area contributed by atoms with Crippen LogP contribution in [0, 0.1) is 0 Å². The van der Waals surface area contributed by atoms with Gasteiger partial charge in [0.05, 0.1) is 38.9 Å². The zero-order valence-corrected chi connectivity index (χ0v) is 30.2. The van der Waals surface area contributed by atoms with E-state index in [1.54, 1.807) is 33.5 Å². The second-order valence-electron chi connectivity index (χ2n) is 13.6. The van der Waals surface area contributed by atoms with Gasteiger partial charge in [0.2, 0.25) is 11.7 Å². The van der Waals surface area contributed by atoms with Gasteiger partial charge in [-0.05, 0) is 91.9 Å². The molecule has 0 aliphatic carbocycles. The number of carbonyl (C=O) groups is 1. The number of likely N-dealkylation sites (tertiary alicyclic amines) is 2. The van der Waals surface area contributed by atoms with E-state index in [2.05, 4.69) is 62.2 Å². The summed E-state index contributed by atoms with van der Waals surface area (Å²) in [5.41, 5.74) is 4.85. The Morgan fingerprint density at radius 3 is 2.31 bits per heavy atom. The Morgan fingerprint density at radius 1 is 0.922 bits per heavy atom. The van der Waals surface area contributed by atoms with Crippen LogP contribution < -0.4 is 19.5 Å². The van der Waals surface area contributed by atoms with Gasteiger partial charge in [0.25, 0.3) is 5.91 Å². The third-order valence-electron chi connectivity index (χ3n) is 10.6. The quantitative estimate of drug-likeness (QED) is 0.150. The molecular formula is C40H45ClN6O4. The highest BCUT2D eigenvalue weighted by Crippen LogP contribution is 2.42. The van der Waals surface area contributed by atoms with Crippen molar-refractivity contribution in [2.24, 2.45) is 0 Å². The smallest absolute Gasteiger partial charge is 0.254 e. The van der Waals surface area contributed by atoms with Gasteiger partial charge in [0, 0.05) is 60.6 Å². The number of ether oxygens (including phenoxy) is 3. The van der Waals surface area contributed by atoms with E-state index >= 15 is 0 Å². The van der Waals surface area contributed by atoms with Crippen molar-refractivity contribution in [3.8, 4) is 17.2 Å². The van der Waals surface area contributed by atoms with E-state index < -0.39 is 0 Å². The van der Waals surface area contributed by atoms with E-state index in [4.69, 9.17) is 30.8 Å². The molecule has 5 aromatic rings. The number of nitrogens with one attached hydrogen (secondary N) is 1. The van der Waals surface area contributed by atoms with Crippen LogP contribution in [0.5, 0.6) is 17.2 Å². The molecule has 1 unspecified atom stereocenters. The normalized spacial score (nSPS) is 18.2. The number of carbonyl (C=O) groups excluding carboxylic acids is 1. The zero-order chi connectivity index (χ0) is 35.4. The van der Waals surface area contributed by atoms with E-state index in [0.29, 0.717) is 47.0 Å². The molecule has 0 bridgehead atoms. The van der Waals surface area contributed by atoms with Gasteiger partial charge in [-0.15, -0.1) is 0 Å². The van der Waals surface area contributed by atoms with E-state index in [9.17, 15) is 4.79 Å². The summed E-state index contributed by atoms with van der Waals surface area (Å²) < 4.78 is 18.8. The molecule has 3 aromatic carbocycles. The summed E-state index contributed by atoms with van der Waals surface area (Å²) in [5.74, 6) is 2.26. The number of hydrogen-bond acceptors (Lipinski definition) is 8. The maximum absolute atomic E-state index is 14.0. The maximum atomic E-state index is 14.0. The molecule has 1 atom stereocenters. The topological polar surface area (TPSA) is 94.0 Å². The molecule has 2 fully saturated rings. The molecule has 2 saturated heterocycles. The molecule has 2 aliphatic heterocycles. The Balaban J connectivity index is 1.02. The van der Waals surface area contributed by atoms with Crippen LogP contribution in [-0.2, 0) is 12.0 Å². The van der Waals surface area contributed by atoms with Gasteiger partial charge in [-0.1, -0.05) is 35.9 Å². The monoisotopic (exact) mass is 708 g/mol. The van der Waals surface area contributed by atoms with Crippen molar-refractivity contribution in [3.63, 3.8) is 0 Å². The van der Waals surface area contributed by atoms with Crippen molar-refractivity contribution in [3.05, 3.63) is 107 Å². The molecule has 2 aromatic heterocycles. The molecule has 2 aliphatic rings. The van der Waals surface area contributed by atoms with E-state index in [-0.39, 0.29) is 11.3 Å². The Bertz CT molecular complexity index is 1940. The first-order valence-electron chi connectivity index (χ1n) is 17.6. The lowest BCUT2D eigenvalue weighted by molar-refractivity contribution is 0.0779. The van der Waals surface area contributed by atoms with Crippen molar-refractivity contribution < 1.29 is 19.0 Å². The summed E-state index contributed by atoms with van der Waals surface area (Å²) in [5, 5.41) is 4.51. The van der Waals surface area contributed by atoms with Crippen molar-refractivity contribution in [2.75, 3.05) is 59.4 Å². The fourth-order valence-corrected chi connectivity index (χ4v) is 7.82. The van der Waals surface area contributed by atoms with Crippen molar-refractivity contribution >= 4 is 34.5 Å². The molecule has 0 saturated carbocycles. The predicted octanol–water partition coefficient (Wildman–Crippen LogP) is 6.91. The summed E-state index contributed by atoms with van der Waals surface area (Å²) in [6.07, 6.45) is 7.54. The minimum absolute atomic E-state index is 0.0491. The van der Waals surface area contributed by atoms with Crippen LogP contribution in [0.3, 0.4) is 0 Å². The first-order valence-corrected chi connectivity index (χ1v) is 18.0. The number of halogens is 1. The number of rotatable bonds is 12. The third-order valence-corrected chi connectivity index (χ3v) is 10.8. The Labute approximate surface area is 304 Å². The van der Waals surface area contributed by atoms with E-state index in [1.807, 2.05) is 35.5 Å². The minimum Gasteiger partial charge on any atom is -0.493 e. The van der Waals surface area contributed by atoms with Gasteiger partial charge in [-0.3, -0.25) is 9.78 Å². The number of methoxy groups -OCH3 is 3. The largest absolute Gasteiger partial charge is 0.493 e. The van der Waals surface area contributed by atoms with Crippen LogP contribution in [0.15, 0.2) is 85.2 Å². The van der Waals surface area contributed by atoms with Gasteiger partial charge >= 0.3 is 0 Å². The summed E-state index contributed by atoms with van der Waals surface area (Å²) in [6, 6.07) is 24.4. The van der Waals surface area contributed by atoms with Crippen molar-refractivity contribution in [1.82, 2.24) is 24.3 Å². The highest BCUT2D eigenvalue weighted by Gasteiger charge is 2.42. The molecule has 0 spiro atoms. The number of amides is 1. The lowest BCUT2D eigenvalue weighted by Crippen LogP contribution is -2.42. The first-order chi connectivity index (χ1) is 24.9. The van der Waals surface area contributed by atoms with Crippen LogP contribution in [0.1, 0.15) is 47.2 Å². The Kier molecular flexibility index (Phi) is 10.3. The summed E-state index contributed by atoms with van der Waals surface area (Å²) in [7, 11) is 4.68. The van der Waals surface area contributed by atoms with Crippen LogP contribution in [0.25, 0.3) is 11.0 Å². The van der Waals surface area contributed by atoms with Gasteiger partial charge in [0.1, 0.15) is 0 Å². The Morgan fingerprint density at radius 2 is 1.63 bits per heavy atom. The third kappa shape index (κ3) is 7.34. The summed E-state index contributed by atoms with van der Waals surface area (Å²) in [4.78, 5) is 27.7. The fourth-order valence-electron chi connectivity index (χ4n) is 7.69. The fraction of sp³-hybridized carbons (Fsp3) is 0.375. The molecule has 7 rings (SSSR count). The van der Waals surface area contributed by atoms with Crippen LogP contribution in [-0.4, -0.2) is 90.3 Å². The van der Waals surface area contributed by atoms with Crippen molar-refractivity contribution in [1.29, 1.82) is 0 Å². The lowest BCUT2D eigenvalue weighted by atomic mass is 9.76.